The minimum atomic E-state index is 0.272. The number of hydrogen-bond acceptors (Lipinski definition) is 4. The number of aryl methyl sites for hydroxylation is 1. The fraction of sp³-hybridized carbons (Fsp3) is 0.667. The molecule has 1 aromatic heterocycles. The molecule has 2 aliphatic rings. The Morgan fingerprint density at radius 3 is 2.70 bits per heavy atom. The molecule has 0 spiro atoms. The Hall–Kier alpha value is -1.16. The number of anilines is 1. The molecule has 20 heavy (non-hydrogen) atoms. The van der Waals surface area contributed by atoms with E-state index in [-0.39, 0.29) is 5.15 Å². The van der Waals surface area contributed by atoms with Crippen molar-refractivity contribution in [2.24, 2.45) is 11.8 Å². The highest BCUT2D eigenvalue weighted by atomic mass is 35.5. The first-order chi connectivity index (χ1) is 9.69. The molecule has 0 radical (unpaired) electrons. The van der Waals surface area contributed by atoms with Gasteiger partial charge in [-0.3, -0.25) is 4.79 Å². The molecule has 0 amide bonds. The Morgan fingerprint density at radius 2 is 1.95 bits per heavy atom. The quantitative estimate of drug-likeness (QED) is 0.620. The molecule has 2 fully saturated rings. The smallest absolute Gasteiger partial charge is 0.156 e. The maximum atomic E-state index is 11.3. The average molecular weight is 294 g/mol. The van der Waals surface area contributed by atoms with E-state index in [0.29, 0.717) is 11.4 Å². The van der Waals surface area contributed by atoms with Crippen molar-refractivity contribution in [3.05, 3.63) is 16.5 Å². The highest BCUT2D eigenvalue weighted by molar-refractivity contribution is 6.32. The zero-order valence-corrected chi connectivity index (χ0v) is 12.6. The van der Waals surface area contributed by atoms with E-state index >= 15 is 0 Å². The number of carbonyl (C=O) groups is 1. The fourth-order valence-corrected chi connectivity index (χ4v) is 3.92. The van der Waals surface area contributed by atoms with E-state index in [0.717, 1.165) is 37.0 Å². The van der Waals surface area contributed by atoms with Crippen molar-refractivity contribution in [1.82, 2.24) is 9.97 Å². The van der Waals surface area contributed by atoms with Gasteiger partial charge in [-0.15, -0.1) is 0 Å². The minimum Gasteiger partial charge on any atom is -0.356 e. The molecule has 1 aliphatic heterocycles. The molecule has 1 saturated heterocycles. The van der Waals surface area contributed by atoms with Crippen molar-refractivity contribution in [1.29, 1.82) is 0 Å². The first-order valence-corrected chi connectivity index (χ1v) is 7.81. The SMILES string of the molecule is Cc1nc(Cl)c(C=O)c(N2CCC3CCCCC3C2)n1. The molecule has 108 valence electrons. The summed E-state index contributed by atoms with van der Waals surface area (Å²) in [4.78, 5) is 22.1. The lowest BCUT2D eigenvalue weighted by molar-refractivity contribution is 0.112. The summed E-state index contributed by atoms with van der Waals surface area (Å²) in [5.74, 6) is 2.95. The van der Waals surface area contributed by atoms with Crippen LogP contribution in [0.1, 0.15) is 48.3 Å². The number of halogens is 1. The lowest BCUT2D eigenvalue weighted by atomic mass is 9.75. The summed E-state index contributed by atoms with van der Waals surface area (Å²) in [6.45, 7) is 3.78. The van der Waals surface area contributed by atoms with Crippen LogP contribution in [-0.4, -0.2) is 29.3 Å². The predicted octanol–water partition coefficient (Wildman–Crippen LogP) is 3.27. The number of fused-ring (bicyclic) bond motifs is 1. The van der Waals surface area contributed by atoms with Gasteiger partial charge in [0.05, 0.1) is 5.56 Å². The summed E-state index contributed by atoms with van der Waals surface area (Å²) in [7, 11) is 0. The number of hydrogen-bond donors (Lipinski definition) is 0. The van der Waals surface area contributed by atoms with Crippen LogP contribution in [0.5, 0.6) is 0 Å². The number of piperidine rings is 1. The zero-order chi connectivity index (χ0) is 14.1. The van der Waals surface area contributed by atoms with Crippen molar-refractivity contribution in [3.8, 4) is 0 Å². The normalized spacial score (nSPS) is 26.2. The van der Waals surface area contributed by atoms with Gasteiger partial charge in [0.1, 0.15) is 16.8 Å². The second kappa shape index (κ2) is 5.68. The summed E-state index contributed by atoms with van der Waals surface area (Å²) in [5.41, 5.74) is 0.437. The Morgan fingerprint density at radius 1 is 1.20 bits per heavy atom. The molecule has 0 N–H and O–H groups in total. The zero-order valence-electron chi connectivity index (χ0n) is 11.8. The van der Waals surface area contributed by atoms with Crippen molar-refractivity contribution in [2.75, 3.05) is 18.0 Å². The molecule has 0 aromatic carbocycles. The Bertz CT molecular complexity index is 520. The van der Waals surface area contributed by atoms with Gasteiger partial charge in [0.25, 0.3) is 0 Å². The molecule has 2 atom stereocenters. The lowest BCUT2D eigenvalue weighted by Gasteiger charge is -2.42. The highest BCUT2D eigenvalue weighted by Crippen LogP contribution is 2.38. The number of nitrogens with zero attached hydrogens (tertiary/aromatic N) is 3. The van der Waals surface area contributed by atoms with Gasteiger partial charge in [0, 0.05) is 13.1 Å². The van der Waals surface area contributed by atoms with Gasteiger partial charge in [-0.05, 0) is 31.6 Å². The molecule has 2 heterocycles. The topological polar surface area (TPSA) is 46.1 Å². The molecule has 1 aromatic rings. The van der Waals surface area contributed by atoms with Crippen LogP contribution in [0.15, 0.2) is 0 Å². The molecule has 3 rings (SSSR count). The van der Waals surface area contributed by atoms with Gasteiger partial charge >= 0.3 is 0 Å². The maximum absolute atomic E-state index is 11.3. The summed E-state index contributed by atoms with van der Waals surface area (Å²) in [6, 6.07) is 0. The predicted molar refractivity (Wildman–Crippen MR) is 79.4 cm³/mol. The van der Waals surface area contributed by atoms with Crippen LogP contribution < -0.4 is 4.90 Å². The van der Waals surface area contributed by atoms with Gasteiger partial charge < -0.3 is 4.90 Å². The summed E-state index contributed by atoms with van der Waals surface area (Å²) in [5, 5.41) is 0.272. The molecule has 0 bridgehead atoms. The van der Waals surface area contributed by atoms with Crippen LogP contribution in [0.3, 0.4) is 0 Å². The molecule has 1 saturated carbocycles. The lowest BCUT2D eigenvalue weighted by Crippen LogP contribution is -2.42. The summed E-state index contributed by atoms with van der Waals surface area (Å²) >= 11 is 6.08. The van der Waals surface area contributed by atoms with Crippen LogP contribution >= 0.6 is 11.6 Å². The third-order valence-electron chi connectivity index (χ3n) is 4.70. The average Bonchev–Trinajstić information content (AvgIpc) is 2.46. The number of aromatic nitrogens is 2. The largest absolute Gasteiger partial charge is 0.356 e. The van der Waals surface area contributed by atoms with Crippen molar-refractivity contribution < 1.29 is 4.79 Å². The summed E-state index contributed by atoms with van der Waals surface area (Å²) < 4.78 is 0. The fourth-order valence-electron chi connectivity index (χ4n) is 3.67. The first kappa shape index (κ1) is 13.8. The van der Waals surface area contributed by atoms with E-state index in [9.17, 15) is 4.79 Å². The van der Waals surface area contributed by atoms with E-state index in [1.807, 2.05) is 6.92 Å². The van der Waals surface area contributed by atoms with Gasteiger partial charge in [0.2, 0.25) is 0 Å². The second-order valence-electron chi connectivity index (χ2n) is 5.96. The van der Waals surface area contributed by atoms with E-state index in [4.69, 9.17) is 11.6 Å². The maximum Gasteiger partial charge on any atom is 0.156 e. The van der Waals surface area contributed by atoms with Crippen LogP contribution in [0.2, 0.25) is 5.15 Å². The van der Waals surface area contributed by atoms with Crippen LogP contribution in [0.25, 0.3) is 0 Å². The van der Waals surface area contributed by atoms with E-state index in [1.54, 1.807) is 0 Å². The molecular weight excluding hydrogens is 274 g/mol. The number of aldehydes is 1. The van der Waals surface area contributed by atoms with Gasteiger partial charge in [-0.25, -0.2) is 9.97 Å². The van der Waals surface area contributed by atoms with Crippen molar-refractivity contribution in [3.63, 3.8) is 0 Å². The monoisotopic (exact) mass is 293 g/mol. The molecule has 1 aliphatic carbocycles. The summed E-state index contributed by atoms with van der Waals surface area (Å²) in [6.07, 6.45) is 7.35. The van der Waals surface area contributed by atoms with E-state index in [1.165, 1.54) is 32.1 Å². The van der Waals surface area contributed by atoms with Gasteiger partial charge in [-0.2, -0.15) is 0 Å². The molecular formula is C15H20ClN3O. The molecule has 5 heteroatoms. The molecule has 4 nitrogen and oxygen atoms in total. The first-order valence-electron chi connectivity index (χ1n) is 7.43. The Balaban J connectivity index is 1.88. The standard InChI is InChI=1S/C15H20ClN3O/c1-10-17-14(16)13(9-20)15(18-10)19-7-6-11-4-2-3-5-12(11)8-19/h9,11-12H,2-8H2,1H3. The highest BCUT2D eigenvalue weighted by Gasteiger charge is 2.32. The van der Waals surface area contributed by atoms with Crippen molar-refractivity contribution >= 4 is 23.7 Å². The second-order valence-corrected chi connectivity index (χ2v) is 6.31. The molecule has 2 unspecified atom stereocenters. The third kappa shape index (κ3) is 2.53. The van der Waals surface area contributed by atoms with E-state index in [2.05, 4.69) is 14.9 Å². The minimum absolute atomic E-state index is 0.272. The van der Waals surface area contributed by atoms with E-state index < -0.39 is 0 Å². The van der Waals surface area contributed by atoms with Crippen LogP contribution in [0, 0.1) is 18.8 Å². The van der Waals surface area contributed by atoms with Gasteiger partial charge in [0.15, 0.2) is 6.29 Å². The Labute approximate surface area is 124 Å². The van der Waals surface area contributed by atoms with Crippen LogP contribution in [0.4, 0.5) is 5.82 Å². The third-order valence-corrected chi connectivity index (χ3v) is 4.99. The number of carbonyl (C=O) groups excluding carboxylic acids is 1. The van der Waals surface area contributed by atoms with Crippen molar-refractivity contribution in [2.45, 2.75) is 39.0 Å². The van der Waals surface area contributed by atoms with Crippen LogP contribution in [-0.2, 0) is 0 Å². The number of rotatable bonds is 2. The Kier molecular flexibility index (Phi) is 3.92. The van der Waals surface area contributed by atoms with Gasteiger partial charge in [-0.1, -0.05) is 30.9 Å².